The number of urea groups is 1. The highest BCUT2D eigenvalue weighted by atomic mass is 79.9. The molecule has 2 aliphatic rings. The molecular weight excluding hydrogens is 312 g/mol. The Kier molecular flexibility index (Phi) is 2.74. The second-order valence-corrected chi connectivity index (χ2v) is 6.12. The molecule has 102 valence electrons. The van der Waals surface area contributed by atoms with Crippen molar-refractivity contribution in [1.29, 1.82) is 0 Å². The zero-order chi connectivity index (χ0) is 13.7. The minimum Gasteiger partial charge on any atom is -0.466 e. The number of alkyl halides is 1. The topological polar surface area (TPSA) is 62.6 Å². The largest absolute Gasteiger partial charge is 0.466 e. The Hall–Kier alpha value is -1.30. The van der Waals surface area contributed by atoms with Crippen molar-refractivity contribution in [2.75, 3.05) is 11.9 Å². The molecule has 1 saturated heterocycles. The number of amides is 3. The maximum atomic E-state index is 12.5. The number of hydrogen-bond acceptors (Lipinski definition) is 3. The third-order valence-corrected chi connectivity index (χ3v) is 5.21. The van der Waals surface area contributed by atoms with Crippen molar-refractivity contribution in [2.24, 2.45) is 5.41 Å². The Labute approximate surface area is 119 Å². The summed E-state index contributed by atoms with van der Waals surface area (Å²) in [7, 11) is 0. The molecular formula is C13H15BrN2O3. The standard InChI is InChI=1S/C13H15BrN2O3/c1-12(9-3-2-6-19-9)10(17)16(11(18)15-12)8-13(7-14)4-5-13/h2-3,6H,4-5,7-8H2,1H3,(H,15,18). The highest BCUT2D eigenvalue weighted by molar-refractivity contribution is 9.09. The third kappa shape index (κ3) is 1.89. The number of imide groups is 1. The molecule has 1 aromatic heterocycles. The SMILES string of the molecule is CC1(c2ccco2)NC(=O)N(CC2(CBr)CC2)C1=O. The predicted octanol–water partition coefficient (Wildman–Crippen LogP) is 2.22. The first-order chi connectivity index (χ1) is 9.01. The van der Waals surface area contributed by atoms with Gasteiger partial charge in [-0.25, -0.2) is 4.79 Å². The van der Waals surface area contributed by atoms with Crippen LogP contribution in [0.4, 0.5) is 4.79 Å². The zero-order valence-electron chi connectivity index (χ0n) is 10.6. The average molecular weight is 327 g/mol. The Morgan fingerprint density at radius 2 is 2.21 bits per heavy atom. The molecule has 3 amide bonds. The lowest BCUT2D eigenvalue weighted by Gasteiger charge is -2.21. The molecule has 1 aliphatic carbocycles. The maximum Gasteiger partial charge on any atom is 0.325 e. The summed E-state index contributed by atoms with van der Waals surface area (Å²) in [5.74, 6) is 0.233. The van der Waals surface area contributed by atoms with Crippen molar-refractivity contribution in [3.63, 3.8) is 0 Å². The molecule has 5 nitrogen and oxygen atoms in total. The van der Waals surface area contributed by atoms with Gasteiger partial charge in [-0.1, -0.05) is 15.9 Å². The molecule has 1 aliphatic heterocycles. The highest BCUT2D eigenvalue weighted by Crippen LogP contribution is 2.48. The lowest BCUT2D eigenvalue weighted by Crippen LogP contribution is -2.41. The molecule has 2 heterocycles. The van der Waals surface area contributed by atoms with Crippen LogP contribution in [0.2, 0.25) is 0 Å². The summed E-state index contributed by atoms with van der Waals surface area (Å²) in [6.45, 7) is 2.15. The highest BCUT2D eigenvalue weighted by Gasteiger charge is 2.54. The fourth-order valence-corrected chi connectivity index (χ4v) is 3.15. The summed E-state index contributed by atoms with van der Waals surface area (Å²) in [5.41, 5.74) is -1.01. The van der Waals surface area contributed by atoms with E-state index in [1.807, 2.05) is 0 Å². The maximum absolute atomic E-state index is 12.5. The molecule has 0 spiro atoms. The normalized spacial score (nSPS) is 28.6. The molecule has 19 heavy (non-hydrogen) atoms. The molecule has 1 aromatic rings. The van der Waals surface area contributed by atoms with Gasteiger partial charge in [-0.2, -0.15) is 0 Å². The number of nitrogens with zero attached hydrogens (tertiary/aromatic N) is 1. The lowest BCUT2D eigenvalue weighted by molar-refractivity contribution is -0.132. The number of nitrogens with one attached hydrogen (secondary N) is 1. The number of furan rings is 1. The van der Waals surface area contributed by atoms with Gasteiger partial charge < -0.3 is 9.73 Å². The van der Waals surface area contributed by atoms with Crippen LogP contribution >= 0.6 is 15.9 Å². The molecule has 0 radical (unpaired) electrons. The van der Waals surface area contributed by atoms with E-state index in [1.54, 1.807) is 19.1 Å². The van der Waals surface area contributed by atoms with Gasteiger partial charge in [-0.15, -0.1) is 0 Å². The first-order valence-corrected chi connectivity index (χ1v) is 7.37. The number of halogens is 1. The van der Waals surface area contributed by atoms with E-state index in [4.69, 9.17) is 4.42 Å². The van der Waals surface area contributed by atoms with Crippen molar-refractivity contribution >= 4 is 27.9 Å². The second kappa shape index (κ2) is 4.10. The molecule has 3 rings (SSSR count). The van der Waals surface area contributed by atoms with Crippen molar-refractivity contribution in [3.05, 3.63) is 24.2 Å². The number of hydrogen-bond donors (Lipinski definition) is 1. The Balaban J connectivity index is 1.85. The zero-order valence-corrected chi connectivity index (χ0v) is 12.2. The summed E-state index contributed by atoms with van der Waals surface area (Å²) in [6.07, 6.45) is 3.60. The van der Waals surface area contributed by atoms with Gasteiger partial charge in [0.05, 0.1) is 6.26 Å². The van der Waals surface area contributed by atoms with E-state index in [1.165, 1.54) is 11.2 Å². The third-order valence-electron chi connectivity index (χ3n) is 4.02. The molecule has 0 aromatic carbocycles. The van der Waals surface area contributed by atoms with Crippen LogP contribution < -0.4 is 5.32 Å². The van der Waals surface area contributed by atoms with Gasteiger partial charge in [-0.05, 0) is 37.3 Å². The van der Waals surface area contributed by atoms with E-state index in [-0.39, 0.29) is 17.4 Å². The predicted molar refractivity (Wildman–Crippen MR) is 71.8 cm³/mol. The van der Waals surface area contributed by atoms with Gasteiger partial charge in [0.15, 0.2) is 5.54 Å². The Morgan fingerprint density at radius 3 is 2.74 bits per heavy atom. The fraction of sp³-hybridized carbons (Fsp3) is 0.538. The van der Waals surface area contributed by atoms with Crippen molar-refractivity contribution in [3.8, 4) is 0 Å². The molecule has 0 bridgehead atoms. The monoisotopic (exact) mass is 326 g/mol. The summed E-state index contributed by atoms with van der Waals surface area (Å²) in [6, 6.07) is 3.08. The van der Waals surface area contributed by atoms with Crippen molar-refractivity contribution in [2.45, 2.75) is 25.3 Å². The van der Waals surface area contributed by atoms with Gasteiger partial charge in [0, 0.05) is 11.9 Å². The van der Waals surface area contributed by atoms with Gasteiger partial charge in [-0.3, -0.25) is 9.69 Å². The van der Waals surface area contributed by atoms with E-state index >= 15 is 0 Å². The van der Waals surface area contributed by atoms with Gasteiger partial charge >= 0.3 is 6.03 Å². The van der Waals surface area contributed by atoms with Crippen LogP contribution in [-0.4, -0.2) is 28.7 Å². The fourth-order valence-electron chi connectivity index (χ4n) is 2.42. The van der Waals surface area contributed by atoms with E-state index in [0.29, 0.717) is 12.3 Å². The van der Waals surface area contributed by atoms with Crippen LogP contribution in [0, 0.1) is 5.41 Å². The summed E-state index contributed by atoms with van der Waals surface area (Å²) >= 11 is 3.46. The van der Waals surface area contributed by atoms with Gasteiger partial charge in [0.25, 0.3) is 5.91 Å². The lowest BCUT2D eigenvalue weighted by atomic mass is 9.99. The molecule has 1 unspecified atom stereocenters. The van der Waals surface area contributed by atoms with E-state index in [9.17, 15) is 9.59 Å². The van der Waals surface area contributed by atoms with Crippen LogP contribution in [0.15, 0.2) is 22.8 Å². The Morgan fingerprint density at radius 1 is 1.47 bits per heavy atom. The number of carbonyl (C=O) groups excluding carboxylic acids is 2. The van der Waals surface area contributed by atoms with E-state index in [0.717, 1.165) is 18.2 Å². The summed E-state index contributed by atoms with van der Waals surface area (Å²) in [5, 5.41) is 3.55. The van der Waals surface area contributed by atoms with E-state index < -0.39 is 5.54 Å². The van der Waals surface area contributed by atoms with E-state index in [2.05, 4.69) is 21.2 Å². The first-order valence-electron chi connectivity index (χ1n) is 6.25. The minimum absolute atomic E-state index is 0.0708. The number of carbonyl (C=O) groups is 2. The summed E-state index contributed by atoms with van der Waals surface area (Å²) < 4.78 is 5.29. The van der Waals surface area contributed by atoms with Crippen molar-refractivity contribution in [1.82, 2.24) is 10.2 Å². The molecule has 1 atom stereocenters. The van der Waals surface area contributed by atoms with Crippen LogP contribution in [-0.2, 0) is 10.3 Å². The first kappa shape index (κ1) is 12.7. The Bertz CT molecular complexity index is 524. The number of rotatable bonds is 4. The smallest absolute Gasteiger partial charge is 0.325 e. The van der Waals surface area contributed by atoms with Gasteiger partial charge in [0.1, 0.15) is 5.76 Å². The second-order valence-electron chi connectivity index (χ2n) is 5.56. The van der Waals surface area contributed by atoms with Gasteiger partial charge in [0.2, 0.25) is 0 Å². The quantitative estimate of drug-likeness (QED) is 0.681. The van der Waals surface area contributed by atoms with Crippen LogP contribution in [0.3, 0.4) is 0 Å². The molecule has 1 N–H and O–H groups in total. The molecule has 2 fully saturated rings. The van der Waals surface area contributed by atoms with Crippen molar-refractivity contribution < 1.29 is 14.0 Å². The molecule has 6 heteroatoms. The summed E-state index contributed by atoms with van der Waals surface area (Å²) in [4.78, 5) is 25.9. The van der Waals surface area contributed by atoms with Crippen LogP contribution in [0.1, 0.15) is 25.5 Å². The minimum atomic E-state index is -1.08. The molecule has 1 saturated carbocycles. The van der Waals surface area contributed by atoms with Crippen LogP contribution in [0.5, 0.6) is 0 Å². The average Bonchev–Trinajstić information content (AvgIpc) is 2.86. The van der Waals surface area contributed by atoms with Crippen LogP contribution in [0.25, 0.3) is 0 Å².